The van der Waals surface area contributed by atoms with Crippen LogP contribution < -0.4 is 4.74 Å². The summed E-state index contributed by atoms with van der Waals surface area (Å²) in [7, 11) is 1.56. The van der Waals surface area contributed by atoms with E-state index in [9.17, 15) is 9.59 Å². The topological polar surface area (TPSA) is 66.8 Å². The van der Waals surface area contributed by atoms with Crippen molar-refractivity contribution in [3.8, 4) is 5.75 Å². The fourth-order valence-electron chi connectivity index (χ4n) is 2.20. The van der Waals surface area contributed by atoms with Crippen molar-refractivity contribution in [2.45, 2.75) is 19.4 Å². The molecule has 1 aliphatic rings. The van der Waals surface area contributed by atoms with Crippen molar-refractivity contribution >= 4 is 23.6 Å². The number of rotatable bonds is 4. The Balaban J connectivity index is 2.15. The highest BCUT2D eigenvalue weighted by Crippen LogP contribution is 2.25. The first kappa shape index (κ1) is 14.7. The third-order valence-corrected chi connectivity index (χ3v) is 4.28. The smallest absolute Gasteiger partial charge is 0.327 e. The van der Waals surface area contributed by atoms with Crippen LogP contribution in [0.1, 0.15) is 11.1 Å². The number of ether oxygens (including phenoxy) is 1. The molecule has 1 aromatic carbocycles. The van der Waals surface area contributed by atoms with Gasteiger partial charge in [-0.3, -0.25) is 4.79 Å². The zero-order chi connectivity index (χ0) is 14.7. The molecule has 1 amide bonds. The quantitative estimate of drug-likeness (QED) is 0.912. The molecule has 0 spiro atoms. The van der Waals surface area contributed by atoms with E-state index in [2.05, 4.69) is 0 Å². The maximum absolute atomic E-state index is 12.3. The van der Waals surface area contributed by atoms with Crippen molar-refractivity contribution in [2.24, 2.45) is 0 Å². The van der Waals surface area contributed by atoms with Gasteiger partial charge in [0, 0.05) is 11.3 Å². The van der Waals surface area contributed by atoms with Gasteiger partial charge in [0.25, 0.3) is 0 Å². The Morgan fingerprint density at radius 1 is 1.50 bits per heavy atom. The number of methoxy groups -OCH3 is 1. The highest BCUT2D eigenvalue weighted by Gasteiger charge is 2.34. The van der Waals surface area contributed by atoms with Crippen LogP contribution in [-0.2, 0) is 16.0 Å². The SMILES string of the molecule is COc1ccc(C)cc1CC(=O)N1CSCC1C(=O)O. The molecule has 1 heterocycles. The summed E-state index contributed by atoms with van der Waals surface area (Å²) in [6, 6.07) is 4.92. The second kappa shape index (κ2) is 6.17. The molecule has 1 aliphatic heterocycles. The van der Waals surface area contributed by atoms with Crippen molar-refractivity contribution in [2.75, 3.05) is 18.7 Å². The van der Waals surface area contributed by atoms with Gasteiger partial charge in [-0.05, 0) is 13.0 Å². The van der Waals surface area contributed by atoms with Crippen LogP contribution in [0.25, 0.3) is 0 Å². The summed E-state index contributed by atoms with van der Waals surface area (Å²) in [4.78, 5) is 24.8. The third-order valence-electron chi connectivity index (χ3n) is 3.27. The number of amides is 1. The van der Waals surface area contributed by atoms with E-state index >= 15 is 0 Å². The monoisotopic (exact) mass is 295 g/mol. The van der Waals surface area contributed by atoms with Gasteiger partial charge in [-0.2, -0.15) is 0 Å². The van der Waals surface area contributed by atoms with E-state index in [1.165, 1.54) is 16.7 Å². The Hall–Kier alpha value is -1.69. The van der Waals surface area contributed by atoms with Gasteiger partial charge in [0.1, 0.15) is 11.8 Å². The third kappa shape index (κ3) is 3.07. The number of aryl methyl sites for hydroxylation is 1. The highest BCUT2D eigenvalue weighted by molar-refractivity contribution is 7.99. The lowest BCUT2D eigenvalue weighted by Gasteiger charge is -2.21. The minimum atomic E-state index is -0.945. The first-order valence-corrected chi connectivity index (χ1v) is 7.42. The lowest BCUT2D eigenvalue weighted by Crippen LogP contribution is -2.42. The summed E-state index contributed by atoms with van der Waals surface area (Å²) < 4.78 is 5.25. The van der Waals surface area contributed by atoms with Crippen LogP contribution in [0.4, 0.5) is 0 Å². The Morgan fingerprint density at radius 3 is 2.90 bits per heavy atom. The molecule has 1 fully saturated rings. The number of benzene rings is 1. The molecule has 1 saturated heterocycles. The molecule has 20 heavy (non-hydrogen) atoms. The second-order valence-corrected chi connectivity index (χ2v) is 5.71. The zero-order valence-corrected chi connectivity index (χ0v) is 12.3. The van der Waals surface area contributed by atoms with E-state index in [0.29, 0.717) is 17.4 Å². The van der Waals surface area contributed by atoms with E-state index in [1.54, 1.807) is 7.11 Å². The molecule has 0 radical (unpaired) electrons. The van der Waals surface area contributed by atoms with E-state index in [-0.39, 0.29) is 12.3 Å². The normalized spacial score (nSPS) is 18.1. The van der Waals surface area contributed by atoms with Gasteiger partial charge in [-0.15, -0.1) is 11.8 Å². The lowest BCUT2D eigenvalue weighted by atomic mass is 10.1. The van der Waals surface area contributed by atoms with Gasteiger partial charge in [-0.1, -0.05) is 17.7 Å². The van der Waals surface area contributed by atoms with Crippen LogP contribution in [0.3, 0.4) is 0 Å². The van der Waals surface area contributed by atoms with E-state index in [0.717, 1.165) is 11.1 Å². The maximum Gasteiger partial charge on any atom is 0.327 e. The first-order chi connectivity index (χ1) is 9.52. The molecule has 0 aliphatic carbocycles. The van der Waals surface area contributed by atoms with Crippen molar-refractivity contribution in [1.82, 2.24) is 4.90 Å². The van der Waals surface area contributed by atoms with Gasteiger partial charge in [0.15, 0.2) is 0 Å². The van der Waals surface area contributed by atoms with Crippen LogP contribution >= 0.6 is 11.8 Å². The van der Waals surface area contributed by atoms with Gasteiger partial charge in [0.05, 0.1) is 19.4 Å². The average molecular weight is 295 g/mol. The molecule has 0 aromatic heterocycles. The number of carboxylic acids is 1. The summed E-state index contributed by atoms with van der Waals surface area (Å²) in [6.45, 7) is 1.94. The minimum Gasteiger partial charge on any atom is -0.496 e. The summed E-state index contributed by atoms with van der Waals surface area (Å²) >= 11 is 1.46. The summed E-state index contributed by atoms with van der Waals surface area (Å²) in [6.07, 6.45) is 0.162. The summed E-state index contributed by atoms with van der Waals surface area (Å²) in [5.74, 6) is 0.421. The van der Waals surface area contributed by atoms with Gasteiger partial charge in [-0.25, -0.2) is 4.79 Å². The number of aliphatic carboxylic acids is 1. The predicted octanol–water partition coefficient (Wildman–Crippen LogP) is 1.53. The Labute approximate surface area is 121 Å². The molecule has 1 N–H and O–H groups in total. The number of thioether (sulfide) groups is 1. The molecule has 6 heteroatoms. The molecular formula is C14H17NO4S. The fraction of sp³-hybridized carbons (Fsp3) is 0.429. The van der Waals surface area contributed by atoms with Gasteiger partial charge < -0.3 is 14.7 Å². The number of carboxylic acid groups (broad SMARTS) is 1. The molecular weight excluding hydrogens is 278 g/mol. The number of nitrogens with zero attached hydrogens (tertiary/aromatic N) is 1. The summed E-state index contributed by atoms with van der Waals surface area (Å²) in [5.41, 5.74) is 1.83. The average Bonchev–Trinajstić information content (AvgIpc) is 2.88. The molecule has 0 saturated carbocycles. The number of hydrogen-bond acceptors (Lipinski definition) is 4. The van der Waals surface area contributed by atoms with Crippen LogP contribution in [0, 0.1) is 6.92 Å². The van der Waals surface area contributed by atoms with E-state index < -0.39 is 12.0 Å². The summed E-state index contributed by atoms with van der Waals surface area (Å²) in [5, 5.41) is 9.11. The van der Waals surface area contributed by atoms with Crippen LogP contribution in [-0.4, -0.2) is 46.7 Å². The van der Waals surface area contributed by atoms with Crippen LogP contribution in [0.15, 0.2) is 18.2 Å². The predicted molar refractivity (Wildman–Crippen MR) is 77.0 cm³/mol. The molecule has 1 atom stereocenters. The molecule has 1 aromatic rings. The standard InChI is InChI=1S/C14H17NO4S/c1-9-3-4-12(19-2)10(5-9)6-13(16)15-8-20-7-11(15)14(17)18/h3-5,11H,6-8H2,1-2H3,(H,17,18). The molecule has 1 unspecified atom stereocenters. The number of hydrogen-bond donors (Lipinski definition) is 1. The lowest BCUT2D eigenvalue weighted by molar-refractivity contribution is -0.147. The second-order valence-electron chi connectivity index (χ2n) is 4.71. The highest BCUT2D eigenvalue weighted by atomic mass is 32.2. The molecule has 2 rings (SSSR count). The fourth-order valence-corrected chi connectivity index (χ4v) is 3.37. The Morgan fingerprint density at radius 2 is 2.25 bits per heavy atom. The number of carbonyl (C=O) groups excluding carboxylic acids is 1. The minimum absolute atomic E-state index is 0.162. The van der Waals surface area contributed by atoms with Crippen molar-refractivity contribution in [1.29, 1.82) is 0 Å². The number of carbonyl (C=O) groups is 2. The molecule has 0 bridgehead atoms. The van der Waals surface area contributed by atoms with Crippen LogP contribution in [0.2, 0.25) is 0 Å². The Bertz CT molecular complexity index is 532. The van der Waals surface area contributed by atoms with Gasteiger partial charge >= 0.3 is 5.97 Å². The molecule has 5 nitrogen and oxygen atoms in total. The Kier molecular flexibility index (Phi) is 4.54. The first-order valence-electron chi connectivity index (χ1n) is 6.26. The van der Waals surface area contributed by atoms with Gasteiger partial charge in [0.2, 0.25) is 5.91 Å². The van der Waals surface area contributed by atoms with E-state index in [1.807, 2.05) is 25.1 Å². The molecule has 108 valence electrons. The van der Waals surface area contributed by atoms with Crippen molar-refractivity contribution in [3.05, 3.63) is 29.3 Å². The van der Waals surface area contributed by atoms with E-state index in [4.69, 9.17) is 9.84 Å². The maximum atomic E-state index is 12.3. The largest absolute Gasteiger partial charge is 0.496 e. The zero-order valence-electron chi connectivity index (χ0n) is 11.5. The van der Waals surface area contributed by atoms with Crippen LogP contribution in [0.5, 0.6) is 5.75 Å². The van der Waals surface area contributed by atoms with Crippen molar-refractivity contribution < 1.29 is 19.4 Å². The van der Waals surface area contributed by atoms with Crippen molar-refractivity contribution in [3.63, 3.8) is 0 Å².